The number of methoxy groups -OCH3 is 1. The number of hydrogen-bond acceptors (Lipinski definition) is 5. The van der Waals surface area contributed by atoms with Gasteiger partial charge in [0.1, 0.15) is 5.76 Å². The van der Waals surface area contributed by atoms with Gasteiger partial charge in [0.15, 0.2) is 17.5 Å². The molecule has 1 aromatic carbocycles. The molecule has 0 spiro atoms. The molecule has 3 rings (SSSR count). The van der Waals surface area contributed by atoms with Crippen molar-refractivity contribution in [3.63, 3.8) is 0 Å². The molecule has 2 heterocycles. The minimum Gasteiger partial charge on any atom is -0.493 e. The monoisotopic (exact) mass is 528 g/mol. The van der Waals surface area contributed by atoms with Gasteiger partial charge < -0.3 is 24.5 Å². The minimum absolute atomic E-state index is 0. The lowest BCUT2D eigenvalue weighted by molar-refractivity contribution is 0.221. The summed E-state index contributed by atoms with van der Waals surface area (Å²) in [5.74, 6) is 3.12. The van der Waals surface area contributed by atoms with E-state index in [4.69, 9.17) is 18.9 Å². The van der Waals surface area contributed by atoms with E-state index in [1.165, 1.54) is 12.8 Å². The number of likely N-dealkylation sites (tertiary alicyclic amines) is 1. The zero-order chi connectivity index (χ0) is 20.5. The molecule has 7 nitrogen and oxygen atoms in total. The fourth-order valence-corrected chi connectivity index (χ4v) is 3.56. The molecule has 0 radical (unpaired) electrons. The molecule has 0 amide bonds. The minimum atomic E-state index is 0. The Balaban J connectivity index is 0.00000320. The summed E-state index contributed by atoms with van der Waals surface area (Å²) in [6, 6.07) is 9.91. The van der Waals surface area contributed by atoms with E-state index in [1.54, 1.807) is 13.4 Å². The van der Waals surface area contributed by atoms with E-state index in [0.717, 1.165) is 37.0 Å². The second-order valence-corrected chi connectivity index (χ2v) is 6.92. The maximum atomic E-state index is 5.70. The van der Waals surface area contributed by atoms with Crippen molar-refractivity contribution in [3.8, 4) is 11.5 Å². The van der Waals surface area contributed by atoms with Crippen LogP contribution in [0.2, 0.25) is 0 Å². The number of nitrogens with zero attached hydrogens (tertiary/aromatic N) is 2. The first-order valence-electron chi connectivity index (χ1n) is 10.4. The van der Waals surface area contributed by atoms with E-state index < -0.39 is 0 Å². The Kier molecular flexibility index (Phi) is 10.3. The standard InChI is InChI=1S/C22H32N4O3.HI/c1-4-23-22(25-17-10-11-20(27-3)21(15-17)28-5-2)24-16-18(19-9-8-14-29-19)26-12-6-7-13-26;/h8-11,14-15,18H,4-7,12-13,16H2,1-3H3,(H2,23,24,25);1H. The molecule has 0 saturated carbocycles. The van der Waals surface area contributed by atoms with Gasteiger partial charge in [-0.1, -0.05) is 0 Å². The molecule has 2 aromatic rings. The third-order valence-electron chi connectivity index (χ3n) is 4.95. The van der Waals surface area contributed by atoms with E-state index in [2.05, 4.69) is 22.5 Å². The fraction of sp³-hybridized carbons (Fsp3) is 0.500. The molecule has 8 heteroatoms. The van der Waals surface area contributed by atoms with Crippen LogP contribution in [0.5, 0.6) is 11.5 Å². The van der Waals surface area contributed by atoms with Gasteiger partial charge in [-0.05, 0) is 64.0 Å². The number of halogens is 1. The molecule has 1 aromatic heterocycles. The van der Waals surface area contributed by atoms with Crippen LogP contribution in [0.4, 0.5) is 5.69 Å². The Morgan fingerprint density at radius 2 is 2.00 bits per heavy atom. The highest BCUT2D eigenvalue weighted by molar-refractivity contribution is 14.0. The molecule has 1 aliphatic heterocycles. The smallest absolute Gasteiger partial charge is 0.195 e. The van der Waals surface area contributed by atoms with Crippen molar-refractivity contribution in [3.05, 3.63) is 42.4 Å². The van der Waals surface area contributed by atoms with Gasteiger partial charge in [0.2, 0.25) is 0 Å². The number of anilines is 1. The van der Waals surface area contributed by atoms with E-state index in [9.17, 15) is 0 Å². The number of ether oxygens (including phenoxy) is 2. The molecule has 2 N–H and O–H groups in total. The summed E-state index contributed by atoms with van der Waals surface area (Å²) < 4.78 is 16.8. The molecular formula is C22H33IN4O3. The second kappa shape index (κ2) is 12.7. The Bertz CT molecular complexity index is 777. The molecule has 0 bridgehead atoms. The summed E-state index contributed by atoms with van der Waals surface area (Å²) in [6.45, 7) is 8.16. The summed E-state index contributed by atoms with van der Waals surface area (Å²) in [7, 11) is 1.64. The van der Waals surface area contributed by atoms with Crippen LogP contribution in [0.1, 0.15) is 38.5 Å². The number of furan rings is 1. The first kappa shape index (κ1) is 24.3. The van der Waals surface area contributed by atoms with Gasteiger partial charge in [0.25, 0.3) is 0 Å². The van der Waals surface area contributed by atoms with Gasteiger partial charge in [-0.2, -0.15) is 0 Å². The molecule has 1 fully saturated rings. The summed E-state index contributed by atoms with van der Waals surface area (Å²) in [6.07, 6.45) is 4.19. The van der Waals surface area contributed by atoms with Crippen molar-refractivity contribution in [2.75, 3.05) is 45.2 Å². The van der Waals surface area contributed by atoms with Crippen molar-refractivity contribution in [2.45, 2.75) is 32.7 Å². The normalized spacial score (nSPS) is 15.4. The summed E-state index contributed by atoms with van der Waals surface area (Å²) in [5, 5.41) is 6.70. The molecule has 1 saturated heterocycles. The van der Waals surface area contributed by atoms with Crippen LogP contribution in [0.3, 0.4) is 0 Å². The lowest BCUT2D eigenvalue weighted by Gasteiger charge is -2.24. The summed E-state index contributed by atoms with van der Waals surface area (Å²) in [5.41, 5.74) is 0.893. The number of rotatable bonds is 9. The maximum Gasteiger partial charge on any atom is 0.195 e. The SMILES string of the molecule is CCNC(=NCC(c1ccco1)N1CCCC1)Nc1ccc(OC)c(OCC)c1.I. The Labute approximate surface area is 196 Å². The van der Waals surface area contributed by atoms with Crippen molar-refractivity contribution in [2.24, 2.45) is 4.99 Å². The third kappa shape index (κ3) is 6.53. The number of benzene rings is 1. The van der Waals surface area contributed by atoms with Gasteiger partial charge in [0, 0.05) is 18.3 Å². The summed E-state index contributed by atoms with van der Waals surface area (Å²) >= 11 is 0. The highest BCUT2D eigenvalue weighted by atomic mass is 127. The van der Waals surface area contributed by atoms with Gasteiger partial charge in [-0.15, -0.1) is 24.0 Å². The number of guanidine groups is 1. The topological polar surface area (TPSA) is 71.3 Å². The Hall–Kier alpha value is -1.94. The largest absolute Gasteiger partial charge is 0.493 e. The lowest BCUT2D eigenvalue weighted by atomic mass is 10.2. The molecular weight excluding hydrogens is 495 g/mol. The highest BCUT2D eigenvalue weighted by Crippen LogP contribution is 2.30. The van der Waals surface area contributed by atoms with Crippen molar-refractivity contribution < 1.29 is 13.9 Å². The van der Waals surface area contributed by atoms with E-state index in [-0.39, 0.29) is 30.0 Å². The van der Waals surface area contributed by atoms with Crippen LogP contribution in [0, 0.1) is 0 Å². The summed E-state index contributed by atoms with van der Waals surface area (Å²) in [4.78, 5) is 7.30. The van der Waals surface area contributed by atoms with E-state index in [1.807, 2.05) is 37.3 Å². The second-order valence-electron chi connectivity index (χ2n) is 6.92. The van der Waals surface area contributed by atoms with Crippen molar-refractivity contribution in [1.29, 1.82) is 0 Å². The number of hydrogen-bond donors (Lipinski definition) is 2. The fourth-order valence-electron chi connectivity index (χ4n) is 3.56. The van der Waals surface area contributed by atoms with E-state index >= 15 is 0 Å². The first-order chi connectivity index (χ1) is 14.2. The van der Waals surface area contributed by atoms with Crippen LogP contribution < -0.4 is 20.1 Å². The average Bonchev–Trinajstić information content (AvgIpc) is 3.44. The predicted molar refractivity (Wildman–Crippen MR) is 131 cm³/mol. The quantitative estimate of drug-likeness (QED) is 0.284. The number of aliphatic imine (C=N–C) groups is 1. The van der Waals surface area contributed by atoms with Gasteiger partial charge in [-0.25, -0.2) is 0 Å². The van der Waals surface area contributed by atoms with Crippen molar-refractivity contribution >= 4 is 35.6 Å². The maximum absolute atomic E-state index is 5.70. The average molecular weight is 528 g/mol. The van der Waals surface area contributed by atoms with Crippen LogP contribution in [-0.4, -0.2) is 50.8 Å². The van der Waals surface area contributed by atoms with E-state index in [0.29, 0.717) is 24.7 Å². The zero-order valence-electron chi connectivity index (χ0n) is 18.0. The van der Waals surface area contributed by atoms with Gasteiger partial charge in [-0.3, -0.25) is 9.89 Å². The first-order valence-corrected chi connectivity index (χ1v) is 10.4. The highest BCUT2D eigenvalue weighted by Gasteiger charge is 2.25. The molecule has 30 heavy (non-hydrogen) atoms. The molecule has 166 valence electrons. The Morgan fingerprint density at radius 3 is 2.63 bits per heavy atom. The van der Waals surface area contributed by atoms with Crippen molar-refractivity contribution in [1.82, 2.24) is 10.2 Å². The lowest BCUT2D eigenvalue weighted by Crippen LogP contribution is -2.33. The molecule has 1 aliphatic rings. The third-order valence-corrected chi connectivity index (χ3v) is 4.95. The Morgan fingerprint density at radius 1 is 1.20 bits per heavy atom. The molecule has 0 aliphatic carbocycles. The number of nitrogens with one attached hydrogen (secondary N) is 2. The van der Waals surface area contributed by atoms with Crippen LogP contribution in [0.25, 0.3) is 0 Å². The zero-order valence-corrected chi connectivity index (χ0v) is 20.3. The van der Waals surface area contributed by atoms with Crippen LogP contribution in [0.15, 0.2) is 46.0 Å². The molecule has 1 atom stereocenters. The van der Waals surface area contributed by atoms with Crippen LogP contribution >= 0.6 is 24.0 Å². The molecule has 1 unspecified atom stereocenters. The predicted octanol–water partition coefficient (Wildman–Crippen LogP) is 4.52. The van der Waals surface area contributed by atoms with Gasteiger partial charge in [0.05, 0.1) is 32.6 Å². The van der Waals surface area contributed by atoms with Crippen LogP contribution in [-0.2, 0) is 0 Å². The van der Waals surface area contributed by atoms with Gasteiger partial charge >= 0.3 is 0 Å².